The Balaban J connectivity index is 1.39. The lowest BCUT2D eigenvalue weighted by Crippen LogP contribution is -2.33. The standard InChI is InChI=1S/C22H18ClN3O3S/c1-13(27)19-5-6-20(30-19)14-9-15-10-17(29-22(15)18(23)11-14)12-24-21(28)7-4-16-3-2-8-25-26-16/h2-9,11,17H,10,12H2,1H3,(H,24,28)/b7-4-. The first-order valence-corrected chi connectivity index (χ1v) is 10.5. The molecule has 0 aliphatic carbocycles. The molecule has 30 heavy (non-hydrogen) atoms. The van der Waals surface area contributed by atoms with E-state index in [0.29, 0.717) is 34.3 Å². The number of ether oxygens (including phenoxy) is 1. The van der Waals surface area contributed by atoms with Crippen LogP contribution in [0.3, 0.4) is 0 Å². The maximum absolute atomic E-state index is 12.1. The van der Waals surface area contributed by atoms with Crippen LogP contribution in [-0.2, 0) is 11.2 Å². The van der Waals surface area contributed by atoms with Crippen LogP contribution in [0.25, 0.3) is 16.5 Å². The molecule has 0 saturated heterocycles. The van der Waals surface area contributed by atoms with Gasteiger partial charge in [0.25, 0.3) is 0 Å². The number of fused-ring (bicyclic) bond motifs is 1. The molecule has 152 valence electrons. The highest BCUT2D eigenvalue weighted by Gasteiger charge is 2.26. The Morgan fingerprint density at radius 1 is 1.33 bits per heavy atom. The second-order valence-electron chi connectivity index (χ2n) is 6.84. The molecule has 0 spiro atoms. The third-order valence-corrected chi connectivity index (χ3v) is 6.11. The van der Waals surface area contributed by atoms with Crippen LogP contribution in [0.2, 0.25) is 5.02 Å². The van der Waals surface area contributed by atoms with Gasteiger partial charge in [-0.15, -0.1) is 11.3 Å². The van der Waals surface area contributed by atoms with Gasteiger partial charge < -0.3 is 10.1 Å². The Labute approximate surface area is 182 Å². The van der Waals surface area contributed by atoms with Crippen LogP contribution in [0.5, 0.6) is 5.75 Å². The van der Waals surface area contributed by atoms with Crippen molar-refractivity contribution < 1.29 is 14.3 Å². The van der Waals surface area contributed by atoms with Crippen molar-refractivity contribution in [3.8, 4) is 16.2 Å². The molecular weight excluding hydrogens is 422 g/mol. The van der Waals surface area contributed by atoms with E-state index in [4.69, 9.17) is 16.3 Å². The zero-order valence-electron chi connectivity index (χ0n) is 16.1. The van der Waals surface area contributed by atoms with Gasteiger partial charge in [0.05, 0.1) is 22.1 Å². The number of thiophene rings is 1. The molecule has 1 N–H and O–H groups in total. The molecule has 0 bridgehead atoms. The van der Waals surface area contributed by atoms with E-state index in [1.54, 1.807) is 31.3 Å². The Kier molecular flexibility index (Phi) is 5.92. The third kappa shape index (κ3) is 4.58. The number of nitrogens with one attached hydrogen (secondary N) is 1. The van der Waals surface area contributed by atoms with Crippen LogP contribution in [0.4, 0.5) is 0 Å². The molecule has 1 aliphatic heterocycles. The fourth-order valence-corrected chi connectivity index (χ4v) is 4.33. The molecule has 4 rings (SSSR count). The summed E-state index contributed by atoms with van der Waals surface area (Å²) < 4.78 is 5.94. The van der Waals surface area contributed by atoms with Crippen LogP contribution >= 0.6 is 22.9 Å². The van der Waals surface area contributed by atoms with Gasteiger partial charge in [-0.2, -0.15) is 10.2 Å². The average Bonchev–Trinajstić information content (AvgIpc) is 3.39. The zero-order chi connectivity index (χ0) is 21.1. The van der Waals surface area contributed by atoms with Gasteiger partial charge in [0, 0.05) is 29.1 Å². The fraction of sp³-hybridized carbons (Fsp3) is 0.182. The summed E-state index contributed by atoms with van der Waals surface area (Å²) in [5.74, 6) is 0.464. The Morgan fingerprint density at radius 3 is 2.93 bits per heavy atom. The van der Waals surface area contributed by atoms with Gasteiger partial charge in [0.2, 0.25) is 5.91 Å². The first-order chi connectivity index (χ1) is 14.5. The van der Waals surface area contributed by atoms with E-state index in [9.17, 15) is 9.59 Å². The predicted molar refractivity (Wildman–Crippen MR) is 117 cm³/mol. The monoisotopic (exact) mass is 439 g/mol. The SMILES string of the molecule is CC(=O)c1ccc(-c2cc(Cl)c3c(c2)CC(CNC(=O)/C=C\c2cccnn2)O3)s1. The molecule has 0 radical (unpaired) electrons. The maximum atomic E-state index is 12.1. The molecule has 2 aromatic heterocycles. The van der Waals surface area contributed by atoms with E-state index in [1.807, 2.05) is 24.3 Å². The molecule has 1 atom stereocenters. The van der Waals surface area contributed by atoms with Gasteiger partial charge in [-0.25, -0.2) is 0 Å². The molecule has 0 saturated carbocycles. The first-order valence-electron chi connectivity index (χ1n) is 9.33. The Morgan fingerprint density at radius 2 is 2.20 bits per heavy atom. The summed E-state index contributed by atoms with van der Waals surface area (Å²) in [4.78, 5) is 25.3. The predicted octanol–water partition coefficient (Wildman–Crippen LogP) is 4.19. The van der Waals surface area contributed by atoms with Gasteiger partial charge in [-0.1, -0.05) is 11.6 Å². The van der Waals surface area contributed by atoms with Crippen molar-refractivity contribution in [1.29, 1.82) is 0 Å². The van der Waals surface area contributed by atoms with E-state index in [2.05, 4.69) is 15.5 Å². The van der Waals surface area contributed by atoms with Gasteiger partial charge in [-0.3, -0.25) is 9.59 Å². The first kappa shape index (κ1) is 20.3. The topological polar surface area (TPSA) is 81.2 Å². The summed E-state index contributed by atoms with van der Waals surface area (Å²) in [6.07, 6.45) is 5.04. The number of amides is 1. The smallest absolute Gasteiger partial charge is 0.244 e. The number of Topliss-reactive ketones (excluding diaryl/α,β-unsaturated/α-hetero) is 1. The van der Waals surface area contributed by atoms with Crippen LogP contribution in [0.15, 0.2) is 48.7 Å². The fourth-order valence-electron chi connectivity index (χ4n) is 3.16. The number of ketones is 1. The molecule has 0 fully saturated rings. The van der Waals surface area contributed by atoms with E-state index in [1.165, 1.54) is 17.4 Å². The lowest BCUT2D eigenvalue weighted by molar-refractivity contribution is -0.116. The lowest BCUT2D eigenvalue weighted by Gasteiger charge is -2.11. The summed E-state index contributed by atoms with van der Waals surface area (Å²) in [6, 6.07) is 11.2. The second kappa shape index (κ2) is 8.77. The molecule has 1 unspecified atom stereocenters. The van der Waals surface area contributed by atoms with Crippen molar-refractivity contribution >= 4 is 40.7 Å². The number of nitrogens with zero attached hydrogens (tertiary/aromatic N) is 2. The molecule has 6 nitrogen and oxygen atoms in total. The van der Waals surface area contributed by atoms with Crippen LogP contribution in [0, 0.1) is 0 Å². The highest BCUT2D eigenvalue weighted by molar-refractivity contribution is 7.17. The van der Waals surface area contributed by atoms with Crippen molar-refractivity contribution in [1.82, 2.24) is 15.5 Å². The van der Waals surface area contributed by atoms with E-state index < -0.39 is 0 Å². The number of halogens is 1. The number of hydrogen-bond donors (Lipinski definition) is 1. The molecular formula is C22H18ClN3O3S. The summed E-state index contributed by atoms with van der Waals surface area (Å²) in [5.41, 5.74) is 2.55. The molecule has 3 heterocycles. The summed E-state index contributed by atoms with van der Waals surface area (Å²) in [5, 5.41) is 11.0. The highest BCUT2D eigenvalue weighted by Crippen LogP contribution is 2.41. The van der Waals surface area contributed by atoms with Gasteiger partial charge in [0.15, 0.2) is 5.78 Å². The Hall–Kier alpha value is -3.03. The summed E-state index contributed by atoms with van der Waals surface area (Å²) in [7, 11) is 0. The normalized spacial score (nSPS) is 15.1. The molecule has 1 aromatic carbocycles. The van der Waals surface area contributed by atoms with Crippen LogP contribution in [0.1, 0.15) is 27.9 Å². The summed E-state index contributed by atoms with van der Waals surface area (Å²) >= 11 is 7.88. The van der Waals surface area contributed by atoms with Gasteiger partial charge in [0.1, 0.15) is 11.9 Å². The molecule has 1 amide bonds. The minimum Gasteiger partial charge on any atom is -0.486 e. The van der Waals surface area contributed by atoms with E-state index >= 15 is 0 Å². The number of benzene rings is 1. The van der Waals surface area contributed by atoms with Crippen LogP contribution in [-0.4, -0.2) is 34.5 Å². The molecule has 8 heteroatoms. The van der Waals surface area contributed by atoms with Gasteiger partial charge in [-0.05, 0) is 55.0 Å². The quantitative estimate of drug-likeness (QED) is 0.460. The van der Waals surface area contributed by atoms with E-state index in [0.717, 1.165) is 16.0 Å². The average molecular weight is 440 g/mol. The van der Waals surface area contributed by atoms with Crippen molar-refractivity contribution in [2.45, 2.75) is 19.4 Å². The van der Waals surface area contributed by atoms with Crippen molar-refractivity contribution in [2.24, 2.45) is 0 Å². The van der Waals surface area contributed by atoms with Crippen molar-refractivity contribution in [2.75, 3.05) is 6.54 Å². The molecule has 1 aliphatic rings. The van der Waals surface area contributed by atoms with Crippen LogP contribution < -0.4 is 10.1 Å². The largest absolute Gasteiger partial charge is 0.486 e. The maximum Gasteiger partial charge on any atom is 0.244 e. The highest BCUT2D eigenvalue weighted by atomic mass is 35.5. The van der Waals surface area contributed by atoms with Crippen molar-refractivity contribution in [3.63, 3.8) is 0 Å². The van der Waals surface area contributed by atoms with Crippen molar-refractivity contribution in [3.05, 3.63) is 69.8 Å². The number of aromatic nitrogens is 2. The summed E-state index contributed by atoms with van der Waals surface area (Å²) in [6.45, 7) is 1.91. The minimum atomic E-state index is -0.234. The molecule has 3 aromatic rings. The van der Waals surface area contributed by atoms with Gasteiger partial charge >= 0.3 is 0 Å². The number of carbonyl (C=O) groups is 2. The second-order valence-corrected chi connectivity index (χ2v) is 8.33. The Bertz CT molecular complexity index is 1130. The third-order valence-electron chi connectivity index (χ3n) is 4.59. The van der Waals surface area contributed by atoms with E-state index in [-0.39, 0.29) is 17.8 Å². The number of rotatable bonds is 6. The number of carbonyl (C=O) groups excluding carboxylic acids is 2. The minimum absolute atomic E-state index is 0.0472. The number of hydrogen-bond acceptors (Lipinski definition) is 6. The zero-order valence-corrected chi connectivity index (χ0v) is 17.7. The lowest BCUT2D eigenvalue weighted by atomic mass is 10.1.